The minimum atomic E-state index is -0.797. The van der Waals surface area contributed by atoms with Crippen molar-refractivity contribution in [1.82, 2.24) is 24.4 Å². The first kappa shape index (κ1) is 25.6. The van der Waals surface area contributed by atoms with Gasteiger partial charge in [0.1, 0.15) is 5.75 Å². The van der Waals surface area contributed by atoms with Gasteiger partial charge in [-0.25, -0.2) is 23.5 Å². The molecule has 4 aromatic rings. The Kier molecular flexibility index (Phi) is 7.94. The first-order chi connectivity index (χ1) is 17.8. The van der Waals surface area contributed by atoms with Crippen molar-refractivity contribution in [2.45, 2.75) is 19.5 Å². The molecule has 10 nitrogen and oxygen atoms in total. The highest BCUT2D eigenvalue weighted by Crippen LogP contribution is 2.24. The molecule has 2 N–H and O–H groups in total. The number of ether oxygens (including phenoxy) is 1. The SMILES string of the molecule is CNC(=O)CCn1c(=O)nc(Nc2ccc(Oc3ncccc3F)cc2)n(Cc2ccc(Cl)cc2)c1=O. The fourth-order valence-electron chi connectivity index (χ4n) is 3.36. The summed E-state index contributed by atoms with van der Waals surface area (Å²) in [5, 5.41) is 5.97. The number of hydrogen-bond donors (Lipinski definition) is 2. The Labute approximate surface area is 215 Å². The lowest BCUT2D eigenvalue weighted by Gasteiger charge is -2.16. The van der Waals surface area contributed by atoms with Gasteiger partial charge in [-0.1, -0.05) is 23.7 Å². The number of aromatic nitrogens is 4. The van der Waals surface area contributed by atoms with Crippen LogP contribution in [0.15, 0.2) is 76.4 Å². The molecule has 0 aliphatic carbocycles. The molecule has 37 heavy (non-hydrogen) atoms. The Morgan fingerprint density at radius 3 is 2.46 bits per heavy atom. The van der Waals surface area contributed by atoms with Crippen molar-refractivity contribution in [1.29, 1.82) is 0 Å². The second kappa shape index (κ2) is 11.5. The van der Waals surface area contributed by atoms with Crippen LogP contribution < -0.4 is 26.7 Å². The van der Waals surface area contributed by atoms with Gasteiger partial charge < -0.3 is 15.4 Å². The zero-order chi connectivity index (χ0) is 26.4. The number of amides is 1. The van der Waals surface area contributed by atoms with E-state index in [0.29, 0.717) is 16.5 Å². The second-order valence-corrected chi connectivity index (χ2v) is 8.27. The van der Waals surface area contributed by atoms with Crippen LogP contribution in [-0.4, -0.2) is 32.1 Å². The van der Waals surface area contributed by atoms with Crippen LogP contribution in [0, 0.1) is 5.82 Å². The lowest BCUT2D eigenvalue weighted by atomic mass is 10.2. The number of anilines is 2. The normalized spacial score (nSPS) is 10.7. The van der Waals surface area contributed by atoms with E-state index in [0.717, 1.165) is 10.1 Å². The van der Waals surface area contributed by atoms with E-state index in [-0.39, 0.29) is 37.2 Å². The third kappa shape index (κ3) is 6.39. The Morgan fingerprint density at radius 2 is 1.78 bits per heavy atom. The molecule has 0 unspecified atom stereocenters. The minimum absolute atomic E-state index is 0.00517. The highest BCUT2D eigenvalue weighted by molar-refractivity contribution is 6.30. The van der Waals surface area contributed by atoms with E-state index in [9.17, 15) is 18.8 Å². The van der Waals surface area contributed by atoms with Crippen LogP contribution in [0.1, 0.15) is 12.0 Å². The van der Waals surface area contributed by atoms with E-state index in [1.165, 1.54) is 29.9 Å². The molecule has 2 heterocycles. The van der Waals surface area contributed by atoms with E-state index in [4.69, 9.17) is 16.3 Å². The van der Waals surface area contributed by atoms with Crippen molar-refractivity contribution in [3.8, 4) is 11.6 Å². The van der Waals surface area contributed by atoms with Gasteiger partial charge in [-0.3, -0.25) is 9.36 Å². The fourth-order valence-corrected chi connectivity index (χ4v) is 3.49. The van der Waals surface area contributed by atoms with Gasteiger partial charge in [0.2, 0.25) is 11.9 Å². The molecular weight excluding hydrogens is 503 g/mol. The van der Waals surface area contributed by atoms with Crippen LogP contribution in [0.25, 0.3) is 0 Å². The predicted octanol–water partition coefficient (Wildman–Crippen LogP) is 3.31. The van der Waals surface area contributed by atoms with Gasteiger partial charge >= 0.3 is 11.4 Å². The zero-order valence-electron chi connectivity index (χ0n) is 19.6. The standard InChI is InChI=1S/C25H22ClFN6O4/c1-28-21(34)12-14-32-24(35)31-23(33(25(32)36)15-16-4-6-17(26)7-5-16)30-18-8-10-19(11-9-18)37-22-20(27)3-2-13-29-22/h2-11,13H,12,14-15H2,1H3,(H,28,34)(H,30,31,35). The Bertz CT molecular complexity index is 1520. The quantitative estimate of drug-likeness (QED) is 0.344. The molecule has 0 spiro atoms. The molecule has 4 rings (SSSR count). The number of nitrogens with one attached hydrogen (secondary N) is 2. The number of halogens is 2. The van der Waals surface area contributed by atoms with E-state index >= 15 is 0 Å². The molecular formula is C25H22ClFN6O4. The van der Waals surface area contributed by atoms with Gasteiger partial charge in [-0.2, -0.15) is 4.98 Å². The lowest BCUT2D eigenvalue weighted by molar-refractivity contribution is -0.120. The first-order valence-corrected chi connectivity index (χ1v) is 11.5. The van der Waals surface area contributed by atoms with Gasteiger partial charge in [0.05, 0.1) is 6.54 Å². The summed E-state index contributed by atoms with van der Waals surface area (Å²) >= 11 is 5.98. The molecule has 190 valence electrons. The number of pyridine rings is 1. The topological polar surface area (TPSA) is 120 Å². The maximum Gasteiger partial charge on any atom is 0.354 e. The molecule has 0 aliphatic rings. The average molecular weight is 525 g/mol. The number of benzene rings is 2. The van der Waals surface area contributed by atoms with Crippen molar-refractivity contribution >= 4 is 29.1 Å². The number of nitrogens with zero attached hydrogens (tertiary/aromatic N) is 4. The molecule has 0 saturated carbocycles. The highest BCUT2D eigenvalue weighted by Gasteiger charge is 2.15. The fraction of sp³-hybridized carbons (Fsp3) is 0.160. The summed E-state index contributed by atoms with van der Waals surface area (Å²) in [5.74, 6) is -0.741. The summed E-state index contributed by atoms with van der Waals surface area (Å²) in [7, 11) is 1.47. The number of hydrogen-bond acceptors (Lipinski definition) is 7. The Hall–Kier alpha value is -4.51. The van der Waals surface area contributed by atoms with Crippen LogP contribution in [0.4, 0.5) is 16.0 Å². The Morgan fingerprint density at radius 1 is 1.05 bits per heavy atom. The Balaban J connectivity index is 1.64. The lowest BCUT2D eigenvalue weighted by Crippen LogP contribution is -2.43. The van der Waals surface area contributed by atoms with E-state index in [1.54, 1.807) is 48.5 Å². The van der Waals surface area contributed by atoms with Gasteiger partial charge in [0.25, 0.3) is 5.88 Å². The van der Waals surface area contributed by atoms with Crippen LogP contribution in [0.3, 0.4) is 0 Å². The summed E-state index contributed by atoms with van der Waals surface area (Å²) in [5.41, 5.74) is -0.191. The minimum Gasteiger partial charge on any atom is -0.436 e. The van der Waals surface area contributed by atoms with E-state index in [1.807, 2.05) is 0 Å². The van der Waals surface area contributed by atoms with Crippen molar-refractivity contribution < 1.29 is 13.9 Å². The van der Waals surface area contributed by atoms with E-state index in [2.05, 4.69) is 20.6 Å². The van der Waals surface area contributed by atoms with Crippen molar-refractivity contribution in [2.75, 3.05) is 12.4 Å². The van der Waals surface area contributed by atoms with Crippen LogP contribution in [0.2, 0.25) is 5.02 Å². The largest absolute Gasteiger partial charge is 0.436 e. The molecule has 0 bridgehead atoms. The predicted molar refractivity (Wildman–Crippen MR) is 136 cm³/mol. The van der Waals surface area contributed by atoms with Crippen molar-refractivity contribution in [2.24, 2.45) is 0 Å². The van der Waals surface area contributed by atoms with Gasteiger partial charge in [-0.15, -0.1) is 0 Å². The van der Waals surface area contributed by atoms with Crippen molar-refractivity contribution in [3.63, 3.8) is 0 Å². The van der Waals surface area contributed by atoms with Gasteiger partial charge in [0, 0.05) is 36.9 Å². The molecule has 12 heteroatoms. The van der Waals surface area contributed by atoms with Crippen molar-refractivity contribution in [3.05, 3.63) is 104 Å². The highest BCUT2D eigenvalue weighted by atomic mass is 35.5. The smallest absolute Gasteiger partial charge is 0.354 e. The summed E-state index contributed by atoms with van der Waals surface area (Å²) in [4.78, 5) is 45.5. The third-order valence-corrected chi connectivity index (χ3v) is 5.55. The van der Waals surface area contributed by atoms with Crippen LogP contribution in [-0.2, 0) is 17.9 Å². The molecule has 0 atom stereocenters. The summed E-state index contributed by atoms with van der Waals surface area (Å²) < 4.78 is 21.5. The zero-order valence-corrected chi connectivity index (χ0v) is 20.4. The molecule has 0 radical (unpaired) electrons. The monoisotopic (exact) mass is 524 g/mol. The first-order valence-electron chi connectivity index (χ1n) is 11.2. The molecule has 0 aliphatic heterocycles. The maximum absolute atomic E-state index is 13.8. The van der Waals surface area contributed by atoms with Crippen LogP contribution in [0.5, 0.6) is 11.6 Å². The summed E-state index contributed by atoms with van der Waals surface area (Å²) in [6.45, 7) is -0.0346. The second-order valence-electron chi connectivity index (χ2n) is 7.83. The van der Waals surface area contributed by atoms with E-state index < -0.39 is 17.2 Å². The van der Waals surface area contributed by atoms with Gasteiger partial charge in [-0.05, 0) is 54.1 Å². The number of carbonyl (C=O) groups is 1. The molecule has 0 fully saturated rings. The molecule has 2 aromatic heterocycles. The third-order valence-electron chi connectivity index (χ3n) is 5.29. The molecule has 0 saturated heterocycles. The number of carbonyl (C=O) groups excluding carboxylic acids is 1. The maximum atomic E-state index is 13.8. The number of rotatable bonds is 9. The summed E-state index contributed by atoms with van der Waals surface area (Å²) in [6.07, 6.45) is 1.36. The molecule has 2 aromatic carbocycles. The summed E-state index contributed by atoms with van der Waals surface area (Å²) in [6, 6.07) is 16.0. The average Bonchev–Trinajstić information content (AvgIpc) is 2.89. The molecule has 1 amide bonds. The van der Waals surface area contributed by atoms with Crippen LogP contribution >= 0.6 is 11.6 Å². The van der Waals surface area contributed by atoms with Gasteiger partial charge in [0.15, 0.2) is 5.82 Å².